The highest BCUT2D eigenvalue weighted by Crippen LogP contribution is 2.10. The van der Waals surface area contributed by atoms with Gasteiger partial charge < -0.3 is 5.32 Å². The molecule has 1 amide bonds. The van der Waals surface area contributed by atoms with Crippen molar-refractivity contribution < 1.29 is 13.2 Å². The molecule has 0 aliphatic rings. The molecule has 100 valence electrons. The second kappa shape index (κ2) is 6.72. The van der Waals surface area contributed by atoms with Crippen LogP contribution >= 0.6 is 11.6 Å². The second-order valence-corrected chi connectivity index (χ2v) is 6.16. The molecule has 0 saturated carbocycles. The molecule has 1 rings (SSSR count). The average molecular weight is 291 g/mol. The minimum atomic E-state index is -3.34. The Hall–Kier alpha value is -1.11. The van der Waals surface area contributed by atoms with Crippen LogP contribution < -0.4 is 10.0 Å². The van der Waals surface area contributed by atoms with Crippen LogP contribution in [0.3, 0.4) is 0 Å². The number of hydrogen-bond acceptors (Lipinski definition) is 3. The average Bonchev–Trinajstić information content (AvgIpc) is 2.34. The van der Waals surface area contributed by atoms with Crippen LogP contribution in [0, 0.1) is 0 Å². The first-order valence-corrected chi connectivity index (χ1v) is 7.38. The van der Waals surface area contributed by atoms with Gasteiger partial charge in [0.25, 0.3) is 0 Å². The molecule has 0 aliphatic heterocycles. The molecule has 0 fully saturated rings. The lowest BCUT2D eigenvalue weighted by molar-refractivity contribution is -0.120. The predicted molar refractivity (Wildman–Crippen MR) is 70.8 cm³/mol. The molecule has 7 heteroatoms. The van der Waals surface area contributed by atoms with Crippen molar-refractivity contribution in [1.82, 2.24) is 10.0 Å². The smallest absolute Gasteiger partial charge is 0.221 e. The molecule has 1 aromatic rings. The van der Waals surface area contributed by atoms with Crippen molar-refractivity contribution in [3.8, 4) is 0 Å². The third-order valence-corrected chi connectivity index (χ3v) is 3.89. The Morgan fingerprint density at radius 1 is 1.39 bits per heavy atom. The lowest BCUT2D eigenvalue weighted by atomic mass is 10.2. The summed E-state index contributed by atoms with van der Waals surface area (Å²) in [5.74, 6) is -0.529. The van der Waals surface area contributed by atoms with E-state index in [-0.39, 0.29) is 18.1 Å². The molecule has 0 aromatic heterocycles. The van der Waals surface area contributed by atoms with Gasteiger partial charge in [-0.1, -0.05) is 23.7 Å². The summed E-state index contributed by atoms with van der Waals surface area (Å²) in [6, 6.07) is 7.10. The zero-order chi connectivity index (χ0) is 13.6. The van der Waals surface area contributed by atoms with E-state index in [1.807, 2.05) is 6.07 Å². The van der Waals surface area contributed by atoms with Crippen LogP contribution in [0.25, 0.3) is 0 Å². The van der Waals surface area contributed by atoms with E-state index >= 15 is 0 Å². The van der Waals surface area contributed by atoms with E-state index in [9.17, 15) is 13.2 Å². The highest BCUT2D eigenvalue weighted by atomic mass is 35.5. The first-order valence-electron chi connectivity index (χ1n) is 5.35. The first kappa shape index (κ1) is 14.9. The standard InChI is InChI=1S/C11H15ClN2O3S/c1-13-18(16,17)6-5-11(15)14-8-9-3-2-4-10(12)7-9/h2-4,7,13H,5-6,8H2,1H3,(H,14,15). The Morgan fingerprint density at radius 2 is 2.11 bits per heavy atom. The number of benzene rings is 1. The quantitative estimate of drug-likeness (QED) is 0.817. The van der Waals surface area contributed by atoms with Crippen molar-refractivity contribution in [3.63, 3.8) is 0 Å². The SMILES string of the molecule is CNS(=O)(=O)CCC(=O)NCc1cccc(Cl)c1. The van der Waals surface area contributed by atoms with Gasteiger partial charge in [-0.3, -0.25) is 4.79 Å². The van der Waals surface area contributed by atoms with Crippen molar-refractivity contribution in [2.45, 2.75) is 13.0 Å². The van der Waals surface area contributed by atoms with E-state index in [1.165, 1.54) is 7.05 Å². The molecule has 0 spiro atoms. The molecule has 0 aliphatic carbocycles. The number of halogens is 1. The monoisotopic (exact) mass is 290 g/mol. The van der Waals surface area contributed by atoms with Gasteiger partial charge in [-0.15, -0.1) is 0 Å². The minimum Gasteiger partial charge on any atom is -0.352 e. The topological polar surface area (TPSA) is 75.3 Å². The van der Waals surface area contributed by atoms with Gasteiger partial charge in [0.15, 0.2) is 0 Å². The Bertz CT molecular complexity index is 517. The Kier molecular flexibility index (Phi) is 5.58. The molecular formula is C11H15ClN2O3S. The summed E-state index contributed by atoms with van der Waals surface area (Å²) in [5.41, 5.74) is 0.868. The minimum absolute atomic E-state index is 0.0657. The molecule has 18 heavy (non-hydrogen) atoms. The molecule has 0 atom stereocenters. The summed E-state index contributed by atoms with van der Waals surface area (Å²) in [6.07, 6.45) is -0.0657. The van der Waals surface area contributed by atoms with Crippen molar-refractivity contribution >= 4 is 27.5 Å². The van der Waals surface area contributed by atoms with Gasteiger partial charge in [0.2, 0.25) is 15.9 Å². The summed E-state index contributed by atoms with van der Waals surface area (Å²) >= 11 is 5.80. The van der Waals surface area contributed by atoms with Gasteiger partial charge in [0, 0.05) is 18.0 Å². The molecule has 5 nitrogen and oxygen atoms in total. The van der Waals surface area contributed by atoms with Crippen LogP contribution in [0.5, 0.6) is 0 Å². The predicted octanol–water partition coefficient (Wildman–Crippen LogP) is 0.896. The van der Waals surface area contributed by atoms with E-state index in [0.717, 1.165) is 5.56 Å². The molecule has 0 heterocycles. The van der Waals surface area contributed by atoms with Crippen LogP contribution in [0.4, 0.5) is 0 Å². The van der Waals surface area contributed by atoms with E-state index in [1.54, 1.807) is 18.2 Å². The van der Waals surface area contributed by atoms with Crippen molar-refractivity contribution in [2.24, 2.45) is 0 Å². The van der Waals surface area contributed by atoms with Crippen LogP contribution in [0.1, 0.15) is 12.0 Å². The lowest BCUT2D eigenvalue weighted by Crippen LogP contribution is -2.28. The van der Waals surface area contributed by atoms with Gasteiger partial charge >= 0.3 is 0 Å². The summed E-state index contributed by atoms with van der Waals surface area (Å²) < 4.78 is 24.4. The molecule has 0 bridgehead atoms. The van der Waals surface area contributed by atoms with Crippen LogP contribution in [-0.4, -0.2) is 27.1 Å². The maximum Gasteiger partial charge on any atom is 0.221 e. The van der Waals surface area contributed by atoms with Crippen LogP contribution in [0.15, 0.2) is 24.3 Å². The first-order chi connectivity index (χ1) is 8.43. The maximum absolute atomic E-state index is 11.4. The van der Waals surface area contributed by atoms with Crippen molar-refractivity contribution in [2.75, 3.05) is 12.8 Å². The highest BCUT2D eigenvalue weighted by molar-refractivity contribution is 7.89. The summed E-state index contributed by atoms with van der Waals surface area (Å²) in [6.45, 7) is 0.332. The number of amides is 1. The fraction of sp³-hybridized carbons (Fsp3) is 0.364. The fourth-order valence-electron chi connectivity index (χ4n) is 1.27. The molecular weight excluding hydrogens is 276 g/mol. The lowest BCUT2D eigenvalue weighted by Gasteiger charge is -2.06. The molecule has 0 unspecified atom stereocenters. The number of nitrogens with one attached hydrogen (secondary N) is 2. The van der Waals surface area contributed by atoms with Gasteiger partial charge in [-0.2, -0.15) is 0 Å². The fourth-order valence-corrected chi connectivity index (χ4v) is 2.14. The van der Waals surface area contributed by atoms with Crippen LogP contribution in [0.2, 0.25) is 5.02 Å². The summed E-state index contributed by atoms with van der Waals surface area (Å²) in [5, 5.41) is 3.23. The third kappa shape index (κ3) is 5.48. The van der Waals surface area contributed by atoms with E-state index in [0.29, 0.717) is 11.6 Å². The van der Waals surface area contributed by atoms with E-state index in [2.05, 4.69) is 10.0 Å². The zero-order valence-corrected chi connectivity index (χ0v) is 11.5. The third-order valence-electron chi connectivity index (χ3n) is 2.29. The zero-order valence-electron chi connectivity index (χ0n) is 9.94. The van der Waals surface area contributed by atoms with E-state index in [4.69, 9.17) is 11.6 Å². The number of sulfonamides is 1. The van der Waals surface area contributed by atoms with Crippen LogP contribution in [-0.2, 0) is 21.4 Å². The largest absolute Gasteiger partial charge is 0.352 e. The number of rotatable bonds is 6. The summed E-state index contributed by atoms with van der Waals surface area (Å²) in [7, 11) is -2.02. The van der Waals surface area contributed by atoms with Gasteiger partial charge in [0.05, 0.1) is 5.75 Å². The Balaban J connectivity index is 2.38. The highest BCUT2D eigenvalue weighted by Gasteiger charge is 2.10. The maximum atomic E-state index is 11.4. The van der Waals surface area contributed by atoms with Gasteiger partial charge in [0.1, 0.15) is 0 Å². The van der Waals surface area contributed by atoms with E-state index < -0.39 is 10.0 Å². The molecule has 0 saturated heterocycles. The number of hydrogen-bond donors (Lipinski definition) is 2. The number of carbonyl (C=O) groups excluding carboxylic acids is 1. The molecule has 2 N–H and O–H groups in total. The Labute approximate surface area is 112 Å². The molecule has 1 aromatic carbocycles. The molecule has 0 radical (unpaired) electrons. The van der Waals surface area contributed by atoms with Crippen molar-refractivity contribution in [3.05, 3.63) is 34.9 Å². The number of carbonyl (C=O) groups is 1. The normalized spacial score (nSPS) is 11.2. The Morgan fingerprint density at radius 3 is 2.72 bits per heavy atom. The second-order valence-electron chi connectivity index (χ2n) is 3.68. The van der Waals surface area contributed by atoms with Gasteiger partial charge in [-0.05, 0) is 24.7 Å². The summed E-state index contributed by atoms with van der Waals surface area (Å²) in [4.78, 5) is 11.4. The van der Waals surface area contributed by atoms with Gasteiger partial charge in [-0.25, -0.2) is 13.1 Å². The van der Waals surface area contributed by atoms with Crippen molar-refractivity contribution in [1.29, 1.82) is 0 Å².